The van der Waals surface area contributed by atoms with Crippen LogP contribution in [0.15, 0.2) is 48.7 Å². The van der Waals surface area contributed by atoms with Crippen molar-refractivity contribution in [3.8, 4) is 0 Å². The number of hydrogen-bond acceptors (Lipinski definition) is 2. The number of para-hydroxylation sites is 1. The molecule has 1 N–H and O–H groups in total. The standard InChI is InChI=1S/C17H13Cl2FN2/c18-13-5-4-11(10-14(13)19)6-8-21-16-7-9-22-17-12(16)2-1-3-15(17)20/h1-5,7,9-10H,6,8H2,(H,21,22). The first-order valence-corrected chi connectivity index (χ1v) is 7.62. The molecular weight excluding hydrogens is 322 g/mol. The van der Waals surface area contributed by atoms with Gasteiger partial charge in [-0.3, -0.25) is 4.98 Å². The highest BCUT2D eigenvalue weighted by Crippen LogP contribution is 2.24. The molecule has 0 aliphatic rings. The van der Waals surface area contributed by atoms with E-state index in [9.17, 15) is 4.39 Å². The number of pyridine rings is 1. The van der Waals surface area contributed by atoms with Crippen LogP contribution >= 0.6 is 23.2 Å². The van der Waals surface area contributed by atoms with Crippen LogP contribution in [0, 0.1) is 5.82 Å². The van der Waals surface area contributed by atoms with Crippen LogP contribution < -0.4 is 5.32 Å². The van der Waals surface area contributed by atoms with E-state index >= 15 is 0 Å². The van der Waals surface area contributed by atoms with E-state index < -0.39 is 0 Å². The van der Waals surface area contributed by atoms with Crippen LogP contribution in [-0.2, 0) is 6.42 Å². The Hall–Kier alpha value is -1.84. The number of anilines is 1. The number of nitrogens with zero attached hydrogens (tertiary/aromatic N) is 1. The lowest BCUT2D eigenvalue weighted by Crippen LogP contribution is -2.05. The summed E-state index contributed by atoms with van der Waals surface area (Å²) in [4.78, 5) is 4.08. The molecule has 0 amide bonds. The molecule has 0 aliphatic carbocycles. The molecule has 0 unspecified atom stereocenters. The molecule has 5 heteroatoms. The topological polar surface area (TPSA) is 24.9 Å². The molecule has 0 atom stereocenters. The summed E-state index contributed by atoms with van der Waals surface area (Å²) in [5.74, 6) is -0.314. The minimum Gasteiger partial charge on any atom is -0.384 e. The van der Waals surface area contributed by atoms with E-state index in [0.29, 0.717) is 22.1 Å². The maximum Gasteiger partial charge on any atom is 0.149 e. The lowest BCUT2D eigenvalue weighted by molar-refractivity contribution is 0.637. The molecule has 0 bridgehead atoms. The summed E-state index contributed by atoms with van der Waals surface area (Å²) in [6.07, 6.45) is 2.39. The number of fused-ring (bicyclic) bond motifs is 1. The second-order valence-electron chi connectivity index (χ2n) is 4.92. The summed E-state index contributed by atoms with van der Waals surface area (Å²) < 4.78 is 13.7. The number of halogens is 3. The van der Waals surface area contributed by atoms with Crippen molar-refractivity contribution in [2.45, 2.75) is 6.42 Å². The Labute approximate surface area is 137 Å². The van der Waals surface area contributed by atoms with Gasteiger partial charge in [-0.1, -0.05) is 41.4 Å². The summed E-state index contributed by atoms with van der Waals surface area (Å²) in [6.45, 7) is 0.702. The van der Waals surface area contributed by atoms with Gasteiger partial charge in [-0.25, -0.2) is 4.39 Å². The second-order valence-corrected chi connectivity index (χ2v) is 5.73. The highest BCUT2D eigenvalue weighted by Gasteiger charge is 2.06. The largest absolute Gasteiger partial charge is 0.384 e. The molecule has 3 aromatic rings. The molecule has 0 saturated carbocycles. The van der Waals surface area contributed by atoms with Crippen molar-refractivity contribution in [3.63, 3.8) is 0 Å². The van der Waals surface area contributed by atoms with Crippen molar-refractivity contribution in [3.05, 3.63) is 70.1 Å². The average molecular weight is 335 g/mol. The van der Waals surface area contributed by atoms with E-state index in [1.165, 1.54) is 6.07 Å². The van der Waals surface area contributed by atoms with Gasteiger partial charge in [0.25, 0.3) is 0 Å². The fraction of sp³-hybridized carbons (Fsp3) is 0.118. The summed E-state index contributed by atoms with van der Waals surface area (Å²) >= 11 is 11.9. The lowest BCUT2D eigenvalue weighted by atomic mass is 10.1. The molecule has 0 radical (unpaired) electrons. The van der Waals surface area contributed by atoms with Gasteiger partial charge in [0, 0.05) is 23.8 Å². The molecule has 2 aromatic carbocycles. The van der Waals surface area contributed by atoms with Gasteiger partial charge < -0.3 is 5.32 Å². The Bertz CT molecular complexity index is 821. The summed E-state index contributed by atoms with van der Waals surface area (Å²) in [5.41, 5.74) is 2.33. The Morgan fingerprint density at radius 3 is 2.73 bits per heavy atom. The Morgan fingerprint density at radius 2 is 1.91 bits per heavy atom. The average Bonchev–Trinajstić information content (AvgIpc) is 2.52. The SMILES string of the molecule is Fc1cccc2c(NCCc3ccc(Cl)c(Cl)c3)ccnc12. The summed E-state index contributed by atoms with van der Waals surface area (Å²) in [6, 6.07) is 12.4. The van der Waals surface area contributed by atoms with E-state index in [1.807, 2.05) is 24.3 Å². The first-order chi connectivity index (χ1) is 10.6. The van der Waals surface area contributed by atoms with Gasteiger partial charge in [-0.2, -0.15) is 0 Å². The van der Waals surface area contributed by atoms with E-state index in [1.54, 1.807) is 18.3 Å². The van der Waals surface area contributed by atoms with Crippen LogP contribution in [0.5, 0.6) is 0 Å². The molecule has 22 heavy (non-hydrogen) atoms. The molecule has 0 spiro atoms. The quantitative estimate of drug-likeness (QED) is 0.696. The Morgan fingerprint density at radius 1 is 1.05 bits per heavy atom. The maximum absolute atomic E-state index is 13.7. The molecule has 2 nitrogen and oxygen atoms in total. The normalized spacial score (nSPS) is 10.9. The fourth-order valence-electron chi connectivity index (χ4n) is 2.33. The molecule has 1 heterocycles. The predicted octanol–water partition coefficient (Wildman–Crippen LogP) is 5.34. The minimum absolute atomic E-state index is 0.314. The lowest BCUT2D eigenvalue weighted by Gasteiger charge is -2.10. The molecule has 0 saturated heterocycles. The number of aromatic nitrogens is 1. The molecule has 112 valence electrons. The molecule has 0 fully saturated rings. The number of benzene rings is 2. The summed E-state index contributed by atoms with van der Waals surface area (Å²) in [5, 5.41) is 5.19. The first kappa shape index (κ1) is 15.1. The van der Waals surface area contributed by atoms with Crippen LogP contribution in [0.1, 0.15) is 5.56 Å². The third-order valence-corrected chi connectivity index (χ3v) is 4.17. The van der Waals surface area contributed by atoms with E-state index in [4.69, 9.17) is 23.2 Å². The number of hydrogen-bond donors (Lipinski definition) is 1. The zero-order valence-electron chi connectivity index (χ0n) is 11.6. The van der Waals surface area contributed by atoms with Crippen LogP contribution in [-0.4, -0.2) is 11.5 Å². The van der Waals surface area contributed by atoms with Crippen molar-refractivity contribution in [2.75, 3.05) is 11.9 Å². The Kier molecular flexibility index (Phi) is 4.46. The third kappa shape index (κ3) is 3.16. The van der Waals surface area contributed by atoms with Crippen molar-refractivity contribution in [1.29, 1.82) is 0 Å². The van der Waals surface area contributed by atoms with Gasteiger partial charge >= 0.3 is 0 Å². The van der Waals surface area contributed by atoms with Crippen molar-refractivity contribution in [1.82, 2.24) is 4.98 Å². The zero-order chi connectivity index (χ0) is 15.5. The minimum atomic E-state index is -0.314. The molecule has 3 rings (SSSR count). The first-order valence-electron chi connectivity index (χ1n) is 6.86. The van der Waals surface area contributed by atoms with Crippen molar-refractivity contribution < 1.29 is 4.39 Å². The molecular formula is C17H13Cl2FN2. The Balaban J connectivity index is 1.74. The van der Waals surface area contributed by atoms with Crippen LogP contribution in [0.25, 0.3) is 10.9 Å². The number of nitrogens with one attached hydrogen (secondary N) is 1. The fourth-order valence-corrected chi connectivity index (χ4v) is 2.65. The predicted molar refractivity (Wildman–Crippen MR) is 90.4 cm³/mol. The van der Waals surface area contributed by atoms with Crippen molar-refractivity contribution >= 4 is 39.8 Å². The third-order valence-electron chi connectivity index (χ3n) is 3.43. The van der Waals surface area contributed by atoms with Gasteiger partial charge in [0.2, 0.25) is 0 Å². The van der Waals surface area contributed by atoms with Gasteiger partial charge in [0.1, 0.15) is 11.3 Å². The zero-order valence-corrected chi connectivity index (χ0v) is 13.1. The highest BCUT2D eigenvalue weighted by atomic mass is 35.5. The van der Waals surface area contributed by atoms with Crippen LogP contribution in [0.4, 0.5) is 10.1 Å². The van der Waals surface area contributed by atoms with Crippen LogP contribution in [0.3, 0.4) is 0 Å². The van der Waals surface area contributed by atoms with E-state index in [2.05, 4.69) is 10.3 Å². The van der Waals surface area contributed by atoms with Crippen LogP contribution in [0.2, 0.25) is 10.0 Å². The van der Waals surface area contributed by atoms with Gasteiger partial charge in [-0.05, 0) is 36.2 Å². The molecule has 1 aromatic heterocycles. The van der Waals surface area contributed by atoms with Gasteiger partial charge in [-0.15, -0.1) is 0 Å². The van der Waals surface area contributed by atoms with Crippen molar-refractivity contribution in [2.24, 2.45) is 0 Å². The van der Waals surface area contributed by atoms with Gasteiger partial charge in [0.05, 0.1) is 10.0 Å². The molecule has 0 aliphatic heterocycles. The smallest absolute Gasteiger partial charge is 0.149 e. The monoisotopic (exact) mass is 334 g/mol. The van der Waals surface area contributed by atoms with Gasteiger partial charge in [0.15, 0.2) is 0 Å². The van der Waals surface area contributed by atoms with E-state index in [0.717, 1.165) is 23.1 Å². The number of rotatable bonds is 4. The van der Waals surface area contributed by atoms with E-state index in [-0.39, 0.29) is 5.82 Å². The second kappa shape index (κ2) is 6.51. The highest BCUT2D eigenvalue weighted by molar-refractivity contribution is 6.42. The summed E-state index contributed by atoms with van der Waals surface area (Å²) in [7, 11) is 0. The maximum atomic E-state index is 13.7.